The molecule has 0 N–H and O–H groups in total. The van der Waals surface area contributed by atoms with Crippen LogP contribution in [0.1, 0.15) is 29.3 Å². The number of aromatic nitrogens is 2. The Morgan fingerprint density at radius 1 is 1.15 bits per heavy atom. The summed E-state index contributed by atoms with van der Waals surface area (Å²) in [6.45, 7) is 3.40. The van der Waals surface area contributed by atoms with Crippen molar-refractivity contribution < 1.29 is 9.32 Å². The summed E-state index contributed by atoms with van der Waals surface area (Å²) >= 11 is 0. The Morgan fingerprint density at radius 2 is 2.00 bits per heavy atom. The highest BCUT2D eigenvalue weighted by Crippen LogP contribution is 2.28. The van der Waals surface area contributed by atoms with Crippen molar-refractivity contribution in [3.8, 4) is 11.5 Å². The van der Waals surface area contributed by atoms with Gasteiger partial charge < -0.3 is 9.42 Å². The molecule has 1 atom stereocenters. The van der Waals surface area contributed by atoms with Gasteiger partial charge in [0.05, 0.1) is 0 Å². The Bertz CT molecular complexity index is 904. The second kappa shape index (κ2) is 7.12. The van der Waals surface area contributed by atoms with Crippen LogP contribution in [0.5, 0.6) is 0 Å². The predicted molar refractivity (Wildman–Crippen MR) is 98.6 cm³/mol. The van der Waals surface area contributed by atoms with E-state index in [0.717, 1.165) is 24.1 Å². The lowest BCUT2D eigenvalue weighted by molar-refractivity contribution is -0.127. The summed E-state index contributed by atoms with van der Waals surface area (Å²) in [5, 5.41) is 4.13. The van der Waals surface area contributed by atoms with Crippen LogP contribution in [-0.4, -0.2) is 34.0 Å². The number of amides is 1. The minimum atomic E-state index is 0.000539. The lowest BCUT2D eigenvalue weighted by Gasteiger charge is -2.15. The Kier molecular flexibility index (Phi) is 4.52. The van der Waals surface area contributed by atoms with Crippen molar-refractivity contribution in [1.29, 1.82) is 0 Å². The average Bonchev–Trinajstić information content (AvgIpc) is 3.28. The standard InChI is InChI=1S/C21H21N3O2/c1-15-6-5-9-17(12-15)21-22-20(23-26-21)18-13-19(25)24(14-18)11-10-16-7-3-2-4-8-16/h2-9,12,18H,10-11,13-14H2,1H3/t18-/m1/s1. The number of carbonyl (C=O) groups is 1. The van der Waals surface area contributed by atoms with Gasteiger partial charge in [-0.1, -0.05) is 53.2 Å². The van der Waals surface area contributed by atoms with Crippen molar-refractivity contribution in [2.75, 3.05) is 13.1 Å². The Balaban J connectivity index is 1.42. The third-order valence-electron chi connectivity index (χ3n) is 4.80. The SMILES string of the molecule is Cc1cccc(-c2nc([C@@H]3CC(=O)N(CCc4ccccc4)C3)no2)c1. The molecule has 1 aromatic heterocycles. The van der Waals surface area contributed by atoms with Gasteiger partial charge in [0.25, 0.3) is 5.89 Å². The molecular weight excluding hydrogens is 326 g/mol. The topological polar surface area (TPSA) is 59.2 Å². The van der Waals surface area contributed by atoms with Gasteiger partial charge in [0.15, 0.2) is 5.82 Å². The number of rotatable bonds is 5. The van der Waals surface area contributed by atoms with Crippen LogP contribution in [0, 0.1) is 6.92 Å². The summed E-state index contributed by atoms with van der Waals surface area (Å²) in [6.07, 6.45) is 1.31. The molecule has 0 radical (unpaired) electrons. The molecule has 2 heterocycles. The van der Waals surface area contributed by atoms with Gasteiger partial charge in [-0.3, -0.25) is 4.79 Å². The summed E-state index contributed by atoms with van der Waals surface area (Å²) in [5.41, 5.74) is 3.30. The molecule has 0 unspecified atom stereocenters. The molecule has 2 aromatic carbocycles. The smallest absolute Gasteiger partial charge is 0.257 e. The number of likely N-dealkylation sites (tertiary alicyclic amines) is 1. The van der Waals surface area contributed by atoms with Crippen LogP contribution in [0.25, 0.3) is 11.5 Å². The van der Waals surface area contributed by atoms with E-state index in [9.17, 15) is 4.79 Å². The monoisotopic (exact) mass is 347 g/mol. The van der Waals surface area contributed by atoms with Gasteiger partial charge in [-0.2, -0.15) is 4.98 Å². The predicted octanol–water partition coefficient (Wildman–Crippen LogP) is 3.60. The highest BCUT2D eigenvalue weighted by atomic mass is 16.5. The quantitative estimate of drug-likeness (QED) is 0.707. The summed E-state index contributed by atoms with van der Waals surface area (Å²) < 4.78 is 5.43. The maximum absolute atomic E-state index is 12.3. The van der Waals surface area contributed by atoms with Crippen molar-refractivity contribution in [3.05, 3.63) is 71.5 Å². The van der Waals surface area contributed by atoms with Crippen LogP contribution >= 0.6 is 0 Å². The maximum Gasteiger partial charge on any atom is 0.257 e. The molecule has 0 aliphatic carbocycles. The van der Waals surface area contributed by atoms with Crippen molar-refractivity contribution in [3.63, 3.8) is 0 Å². The minimum absolute atomic E-state index is 0.000539. The highest BCUT2D eigenvalue weighted by molar-refractivity contribution is 5.79. The van der Waals surface area contributed by atoms with Gasteiger partial charge in [-0.05, 0) is 31.0 Å². The van der Waals surface area contributed by atoms with Crippen LogP contribution in [0.2, 0.25) is 0 Å². The summed E-state index contributed by atoms with van der Waals surface area (Å²) in [7, 11) is 0. The molecule has 0 bridgehead atoms. The molecule has 1 saturated heterocycles. The molecule has 0 saturated carbocycles. The van der Waals surface area contributed by atoms with E-state index >= 15 is 0 Å². The molecule has 132 valence electrons. The first-order valence-corrected chi connectivity index (χ1v) is 8.91. The second-order valence-electron chi connectivity index (χ2n) is 6.80. The Hall–Kier alpha value is -2.95. The van der Waals surface area contributed by atoms with E-state index in [4.69, 9.17) is 4.52 Å². The van der Waals surface area contributed by atoms with Crippen molar-refractivity contribution in [2.24, 2.45) is 0 Å². The number of benzene rings is 2. The zero-order chi connectivity index (χ0) is 17.9. The van der Waals surface area contributed by atoms with E-state index in [0.29, 0.717) is 24.7 Å². The third-order valence-corrected chi connectivity index (χ3v) is 4.80. The van der Waals surface area contributed by atoms with Crippen LogP contribution in [-0.2, 0) is 11.2 Å². The number of nitrogens with zero attached hydrogens (tertiary/aromatic N) is 3. The Labute approximate surface area is 152 Å². The largest absolute Gasteiger partial charge is 0.342 e. The third kappa shape index (κ3) is 3.52. The summed E-state index contributed by atoms with van der Waals surface area (Å²) in [5.74, 6) is 1.30. The fourth-order valence-corrected chi connectivity index (χ4v) is 3.37. The van der Waals surface area contributed by atoms with E-state index in [1.54, 1.807) is 0 Å². The van der Waals surface area contributed by atoms with E-state index in [2.05, 4.69) is 22.3 Å². The van der Waals surface area contributed by atoms with E-state index in [-0.39, 0.29) is 11.8 Å². The molecule has 1 aliphatic heterocycles. The normalized spacial score (nSPS) is 17.0. The number of hydrogen-bond acceptors (Lipinski definition) is 4. The van der Waals surface area contributed by atoms with Crippen LogP contribution in [0.3, 0.4) is 0 Å². The van der Waals surface area contributed by atoms with Crippen LogP contribution < -0.4 is 0 Å². The first kappa shape index (κ1) is 16.5. The summed E-state index contributed by atoms with van der Waals surface area (Å²) in [6, 6.07) is 18.2. The van der Waals surface area contributed by atoms with Crippen LogP contribution in [0.15, 0.2) is 59.1 Å². The van der Waals surface area contributed by atoms with Crippen molar-refractivity contribution in [1.82, 2.24) is 15.0 Å². The molecule has 4 rings (SSSR count). The highest BCUT2D eigenvalue weighted by Gasteiger charge is 2.33. The van der Waals surface area contributed by atoms with Crippen molar-refractivity contribution in [2.45, 2.75) is 25.7 Å². The van der Waals surface area contributed by atoms with Crippen LogP contribution in [0.4, 0.5) is 0 Å². The van der Waals surface area contributed by atoms with Gasteiger partial charge in [0, 0.05) is 31.0 Å². The second-order valence-corrected chi connectivity index (χ2v) is 6.80. The zero-order valence-corrected chi connectivity index (χ0v) is 14.8. The lowest BCUT2D eigenvalue weighted by Crippen LogP contribution is -2.27. The lowest BCUT2D eigenvalue weighted by atomic mass is 10.1. The van der Waals surface area contributed by atoms with E-state index in [1.165, 1.54) is 5.56 Å². The van der Waals surface area contributed by atoms with Gasteiger partial charge in [0.2, 0.25) is 5.91 Å². The molecule has 3 aromatic rings. The number of aryl methyl sites for hydroxylation is 1. The molecular formula is C21H21N3O2. The first-order valence-electron chi connectivity index (χ1n) is 8.91. The molecule has 0 spiro atoms. The minimum Gasteiger partial charge on any atom is -0.342 e. The molecule has 26 heavy (non-hydrogen) atoms. The van der Waals surface area contributed by atoms with Gasteiger partial charge >= 0.3 is 0 Å². The zero-order valence-electron chi connectivity index (χ0n) is 14.8. The molecule has 5 heteroatoms. The molecule has 1 amide bonds. The van der Waals surface area contributed by atoms with Gasteiger partial charge in [-0.15, -0.1) is 0 Å². The summed E-state index contributed by atoms with van der Waals surface area (Å²) in [4.78, 5) is 18.8. The fraction of sp³-hybridized carbons (Fsp3) is 0.286. The maximum atomic E-state index is 12.3. The molecule has 1 fully saturated rings. The molecule has 1 aliphatic rings. The fourth-order valence-electron chi connectivity index (χ4n) is 3.37. The molecule has 5 nitrogen and oxygen atoms in total. The van der Waals surface area contributed by atoms with E-state index < -0.39 is 0 Å². The first-order chi connectivity index (χ1) is 12.7. The van der Waals surface area contributed by atoms with Crippen molar-refractivity contribution >= 4 is 5.91 Å². The van der Waals surface area contributed by atoms with E-state index in [1.807, 2.05) is 54.3 Å². The number of carbonyl (C=O) groups excluding carboxylic acids is 1. The van der Waals surface area contributed by atoms with Gasteiger partial charge in [0.1, 0.15) is 0 Å². The van der Waals surface area contributed by atoms with Gasteiger partial charge in [-0.25, -0.2) is 0 Å². The number of hydrogen-bond donors (Lipinski definition) is 0. The average molecular weight is 347 g/mol. The Morgan fingerprint density at radius 3 is 2.81 bits per heavy atom.